The molecule has 0 spiro atoms. The zero-order valence-corrected chi connectivity index (χ0v) is 23.1. The summed E-state index contributed by atoms with van der Waals surface area (Å²) in [5.74, 6) is 1.36. The molecule has 2 aromatic carbocycles. The molecule has 0 bridgehead atoms. The van der Waals surface area contributed by atoms with E-state index in [0.29, 0.717) is 31.3 Å². The van der Waals surface area contributed by atoms with Gasteiger partial charge < -0.3 is 24.6 Å². The number of nitrogens with one attached hydrogen (secondary N) is 1. The minimum absolute atomic E-state index is 0.00604. The minimum Gasteiger partial charge on any atom is -0.493 e. The van der Waals surface area contributed by atoms with Crippen molar-refractivity contribution in [3.8, 4) is 5.75 Å². The van der Waals surface area contributed by atoms with Gasteiger partial charge in [-0.25, -0.2) is 0 Å². The van der Waals surface area contributed by atoms with Crippen LogP contribution in [0.1, 0.15) is 50.7 Å². The van der Waals surface area contributed by atoms with Crippen molar-refractivity contribution >= 4 is 17.3 Å². The topological polar surface area (TPSA) is 54.0 Å². The Balaban J connectivity index is 1.15. The van der Waals surface area contributed by atoms with Crippen LogP contribution in [0.25, 0.3) is 0 Å². The number of carbonyl (C=O) groups excluding carboxylic acids is 1. The fraction of sp³-hybridized carbons (Fsp3) is 0.567. The Bertz CT molecular complexity index is 1080. The molecule has 39 heavy (non-hydrogen) atoms. The number of hydrogen-bond donors (Lipinski definition) is 1. The van der Waals surface area contributed by atoms with Gasteiger partial charge in [-0.05, 0) is 80.5 Å². The van der Waals surface area contributed by atoms with Crippen LogP contribution in [0.15, 0.2) is 42.5 Å². The predicted molar refractivity (Wildman–Crippen MR) is 147 cm³/mol. The molecule has 214 valence electrons. The summed E-state index contributed by atoms with van der Waals surface area (Å²) < 4.78 is 51.4. The molecule has 2 fully saturated rings. The van der Waals surface area contributed by atoms with Gasteiger partial charge in [0.15, 0.2) is 0 Å². The van der Waals surface area contributed by atoms with Gasteiger partial charge in [-0.3, -0.25) is 4.79 Å². The van der Waals surface area contributed by atoms with Crippen molar-refractivity contribution in [1.82, 2.24) is 4.90 Å². The highest BCUT2D eigenvalue weighted by atomic mass is 19.4. The molecular formula is C30H40F3N3O3. The Morgan fingerprint density at radius 2 is 1.67 bits per heavy atom. The van der Waals surface area contributed by atoms with E-state index in [1.807, 2.05) is 17.0 Å². The Hall–Kier alpha value is -2.94. The van der Waals surface area contributed by atoms with Gasteiger partial charge in [0.1, 0.15) is 12.4 Å². The van der Waals surface area contributed by atoms with Crippen molar-refractivity contribution in [2.24, 2.45) is 5.92 Å². The molecule has 1 heterocycles. The molecule has 1 N–H and O–H groups in total. The summed E-state index contributed by atoms with van der Waals surface area (Å²) in [6, 6.07) is 12.6. The Kier molecular flexibility index (Phi) is 9.64. The number of anilines is 2. The third-order valence-electron chi connectivity index (χ3n) is 7.45. The van der Waals surface area contributed by atoms with Gasteiger partial charge in [0.2, 0.25) is 5.91 Å². The van der Waals surface area contributed by atoms with E-state index < -0.39 is 11.7 Å². The number of alkyl halides is 3. The van der Waals surface area contributed by atoms with Crippen molar-refractivity contribution in [1.29, 1.82) is 0 Å². The zero-order valence-electron chi connectivity index (χ0n) is 23.1. The molecule has 1 aliphatic heterocycles. The van der Waals surface area contributed by atoms with Crippen LogP contribution in [-0.4, -0.2) is 62.3 Å². The smallest absolute Gasteiger partial charge is 0.416 e. The molecule has 1 aliphatic carbocycles. The number of rotatable bonds is 9. The SMILES string of the molecule is Cc1ccc(NC2CCC(OCC(=O)N3CCN(c4ccc(OCC(C)C)cc4)CC3)CC2)cc1C(F)(F)F. The van der Waals surface area contributed by atoms with Crippen molar-refractivity contribution in [3.05, 3.63) is 53.6 Å². The van der Waals surface area contributed by atoms with Crippen LogP contribution >= 0.6 is 0 Å². The number of aryl methyl sites for hydroxylation is 1. The Labute approximate surface area is 229 Å². The number of nitrogens with zero attached hydrogens (tertiary/aromatic N) is 2. The average molecular weight is 548 g/mol. The van der Waals surface area contributed by atoms with Gasteiger partial charge in [0, 0.05) is 43.6 Å². The van der Waals surface area contributed by atoms with E-state index in [0.717, 1.165) is 50.2 Å². The first-order valence-electron chi connectivity index (χ1n) is 13.9. The maximum absolute atomic E-state index is 13.2. The summed E-state index contributed by atoms with van der Waals surface area (Å²) in [6.45, 7) is 9.32. The molecule has 0 aromatic heterocycles. The molecular weight excluding hydrogens is 507 g/mol. The molecule has 2 aliphatic rings. The molecule has 0 atom stereocenters. The summed E-state index contributed by atoms with van der Waals surface area (Å²) in [6.07, 6.45) is -1.25. The molecule has 1 saturated heterocycles. The quantitative estimate of drug-likeness (QED) is 0.409. The van der Waals surface area contributed by atoms with Gasteiger partial charge in [-0.1, -0.05) is 19.9 Å². The van der Waals surface area contributed by atoms with Crippen LogP contribution in [0.4, 0.5) is 24.5 Å². The number of piperazine rings is 1. The van der Waals surface area contributed by atoms with Crippen LogP contribution in [0.5, 0.6) is 5.75 Å². The molecule has 1 amide bonds. The van der Waals surface area contributed by atoms with Crippen LogP contribution < -0.4 is 15.0 Å². The average Bonchev–Trinajstić information content (AvgIpc) is 2.92. The monoisotopic (exact) mass is 547 g/mol. The number of halogens is 3. The number of carbonyl (C=O) groups is 1. The van der Waals surface area contributed by atoms with Gasteiger partial charge in [-0.15, -0.1) is 0 Å². The number of hydrogen-bond acceptors (Lipinski definition) is 5. The standard InChI is InChI=1S/C30H40F3N3O3/c1-21(2)19-38-27-12-8-25(9-13-27)35-14-16-36(17-15-35)29(37)20-39-26-10-6-23(7-11-26)34-24-5-4-22(3)28(18-24)30(31,32)33/h4-5,8-9,12-13,18,21,23,26,34H,6-7,10-11,14-17,19-20H2,1-3H3. The van der Waals surface area contributed by atoms with E-state index in [2.05, 4.69) is 36.2 Å². The Morgan fingerprint density at radius 1 is 1.00 bits per heavy atom. The summed E-state index contributed by atoms with van der Waals surface area (Å²) in [7, 11) is 0. The van der Waals surface area contributed by atoms with Gasteiger partial charge in [-0.2, -0.15) is 13.2 Å². The third kappa shape index (κ3) is 8.27. The largest absolute Gasteiger partial charge is 0.493 e. The summed E-state index contributed by atoms with van der Waals surface area (Å²) in [5.41, 5.74) is 1.23. The molecule has 0 unspecified atom stereocenters. The minimum atomic E-state index is -4.36. The van der Waals surface area contributed by atoms with E-state index >= 15 is 0 Å². The van der Waals surface area contributed by atoms with Crippen LogP contribution in [0.2, 0.25) is 0 Å². The lowest BCUT2D eigenvalue weighted by Crippen LogP contribution is -2.50. The molecule has 2 aromatic rings. The highest BCUT2D eigenvalue weighted by molar-refractivity contribution is 5.77. The van der Waals surface area contributed by atoms with Crippen molar-refractivity contribution in [2.75, 3.05) is 49.6 Å². The highest BCUT2D eigenvalue weighted by Gasteiger charge is 2.33. The molecule has 0 radical (unpaired) electrons. The van der Waals surface area contributed by atoms with Crippen LogP contribution in [-0.2, 0) is 15.7 Å². The van der Waals surface area contributed by atoms with E-state index in [1.165, 1.54) is 19.1 Å². The fourth-order valence-corrected chi connectivity index (χ4v) is 5.14. The maximum atomic E-state index is 13.2. The molecule has 6 nitrogen and oxygen atoms in total. The number of benzene rings is 2. The lowest BCUT2D eigenvalue weighted by atomic mass is 9.92. The van der Waals surface area contributed by atoms with Crippen molar-refractivity contribution in [3.63, 3.8) is 0 Å². The second-order valence-corrected chi connectivity index (χ2v) is 11.0. The van der Waals surface area contributed by atoms with E-state index in [1.54, 1.807) is 6.07 Å². The maximum Gasteiger partial charge on any atom is 0.416 e. The predicted octanol–water partition coefficient (Wildman–Crippen LogP) is 6.14. The molecule has 1 saturated carbocycles. The third-order valence-corrected chi connectivity index (χ3v) is 7.45. The first-order chi connectivity index (χ1) is 18.6. The Morgan fingerprint density at radius 3 is 2.28 bits per heavy atom. The van der Waals surface area contributed by atoms with Crippen molar-refractivity contribution in [2.45, 2.75) is 64.8 Å². The zero-order chi connectivity index (χ0) is 28.0. The van der Waals surface area contributed by atoms with Crippen LogP contribution in [0, 0.1) is 12.8 Å². The molecule has 9 heteroatoms. The van der Waals surface area contributed by atoms with Crippen LogP contribution in [0.3, 0.4) is 0 Å². The first-order valence-corrected chi connectivity index (χ1v) is 13.9. The first kappa shape index (κ1) is 29.1. The summed E-state index contributed by atoms with van der Waals surface area (Å²) in [4.78, 5) is 16.9. The van der Waals surface area contributed by atoms with Gasteiger partial charge >= 0.3 is 6.18 Å². The van der Waals surface area contributed by atoms with E-state index in [9.17, 15) is 18.0 Å². The summed E-state index contributed by atoms with van der Waals surface area (Å²) >= 11 is 0. The molecule has 4 rings (SSSR count). The fourth-order valence-electron chi connectivity index (χ4n) is 5.14. The van der Waals surface area contributed by atoms with E-state index in [-0.39, 0.29) is 30.2 Å². The van der Waals surface area contributed by atoms with E-state index in [4.69, 9.17) is 9.47 Å². The normalized spacial score (nSPS) is 20.3. The summed E-state index contributed by atoms with van der Waals surface area (Å²) in [5, 5.41) is 3.25. The lowest BCUT2D eigenvalue weighted by molar-refractivity contribution is -0.139. The number of amides is 1. The highest BCUT2D eigenvalue weighted by Crippen LogP contribution is 2.34. The number of ether oxygens (including phenoxy) is 2. The van der Waals surface area contributed by atoms with Gasteiger partial charge in [0.05, 0.1) is 18.3 Å². The second-order valence-electron chi connectivity index (χ2n) is 11.0. The second kappa shape index (κ2) is 12.9. The lowest BCUT2D eigenvalue weighted by Gasteiger charge is -2.36. The van der Waals surface area contributed by atoms with Gasteiger partial charge in [0.25, 0.3) is 0 Å². The van der Waals surface area contributed by atoms with Crippen molar-refractivity contribution < 1.29 is 27.4 Å².